The van der Waals surface area contributed by atoms with Crippen LogP contribution < -0.4 is 4.90 Å². The number of benzene rings is 3. The molecule has 1 aliphatic heterocycles. The first-order valence-corrected chi connectivity index (χ1v) is 13.0. The Labute approximate surface area is 177 Å². The molecule has 0 bridgehead atoms. The number of fused-ring (bicyclic) bond motifs is 1. The SMILES string of the molecule is CCS(=O)(=O)c1ccccc1N1CCN(S(=O)(=O)c2ccc3ccccc3c2)CC1. The molecule has 1 saturated heterocycles. The first kappa shape index (κ1) is 20.8. The highest BCUT2D eigenvalue weighted by Crippen LogP contribution is 2.28. The fourth-order valence-corrected chi connectivity index (χ4v) is 6.35. The van der Waals surface area contributed by atoms with E-state index in [1.165, 1.54) is 4.31 Å². The number of para-hydroxylation sites is 1. The zero-order valence-corrected chi connectivity index (χ0v) is 18.4. The van der Waals surface area contributed by atoms with Crippen LogP contribution in [0.5, 0.6) is 0 Å². The molecule has 0 spiro atoms. The van der Waals surface area contributed by atoms with E-state index in [2.05, 4.69) is 0 Å². The van der Waals surface area contributed by atoms with Crippen LogP contribution in [0.15, 0.2) is 76.5 Å². The predicted octanol–water partition coefficient (Wildman–Crippen LogP) is 3.14. The Kier molecular flexibility index (Phi) is 5.57. The van der Waals surface area contributed by atoms with Gasteiger partial charge in [0.2, 0.25) is 10.0 Å². The number of hydrogen-bond donors (Lipinski definition) is 0. The van der Waals surface area contributed by atoms with Crippen LogP contribution in [0, 0.1) is 0 Å². The summed E-state index contributed by atoms with van der Waals surface area (Å²) in [7, 11) is -6.97. The molecule has 3 aromatic rings. The molecule has 0 saturated carbocycles. The van der Waals surface area contributed by atoms with Crippen molar-refractivity contribution in [2.24, 2.45) is 0 Å². The average Bonchev–Trinajstić information content (AvgIpc) is 2.79. The van der Waals surface area contributed by atoms with Gasteiger partial charge in [0.15, 0.2) is 9.84 Å². The highest BCUT2D eigenvalue weighted by atomic mass is 32.2. The van der Waals surface area contributed by atoms with E-state index in [4.69, 9.17) is 0 Å². The Morgan fingerprint density at radius 3 is 2.10 bits per heavy atom. The molecule has 4 rings (SSSR count). The van der Waals surface area contributed by atoms with E-state index in [1.807, 2.05) is 41.3 Å². The summed E-state index contributed by atoms with van der Waals surface area (Å²) in [4.78, 5) is 2.54. The second-order valence-electron chi connectivity index (χ2n) is 7.27. The van der Waals surface area contributed by atoms with E-state index >= 15 is 0 Å². The van der Waals surface area contributed by atoms with Crippen molar-refractivity contribution < 1.29 is 16.8 Å². The van der Waals surface area contributed by atoms with E-state index in [-0.39, 0.29) is 10.6 Å². The Hall–Kier alpha value is -2.42. The van der Waals surface area contributed by atoms with E-state index in [1.54, 1.807) is 37.3 Å². The minimum absolute atomic E-state index is 0.0281. The number of piperazine rings is 1. The second-order valence-corrected chi connectivity index (χ2v) is 11.5. The fourth-order valence-electron chi connectivity index (χ4n) is 3.78. The smallest absolute Gasteiger partial charge is 0.243 e. The van der Waals surface area contributed by atoms with Crippen LogP contribution in [0.25, 0.3) is 10.8 Å². The summed E-state index contributed by atoms with van der Waals surface area (Å²) in [5.74, 6) is 0.0281. The van der Waals surface area contributed by atoms with Crippen molar-refractivity contribution in [2.75, 3.05) is 36.8 Å². The van der Waals surface area contributed by atoms with Gasteiger partial charge in [-0.2, -0.15) is 4.31 Å². The Bertz CT molecular complexity index is 1280. The lowest BCUT2D eigenvalue weighted by atomic mass is 10.1. The third kappa shape index (κ3) is 3.82. The average molecular weight is 445 g/mol. The number of rotatable bonds is 5. The standard InChI is InChI=1S/C22H24N2O4S2/c1-2-29(25,26)22-10-6-5-9-21(22)23-13-15-24(16-14-23)30(27,28)20-12-11-18-7-3-4-8-19(18)17-20/h3-12,17H,2,13-16H2,1H3. The lowest BCUT2D eigenvalue weighted by molar-refractivity contribution is 0.384. The van der Waals surface area contributed by atoms with Crippen LogP contribution in [0.1, 0.15) is 6.92 Å². The van der Waals surface area contributed by atoms with E-state index in [0.29, 0.717) is 36.8 Å². The van der Waals surface area contributed by atoms with Crippen LogP contribution in [-0.2, 0) is 19.9 Å². The lowest BCUT2D eigenvalue weighted by Crippen LogP contribution is -2.49. The van der Waals surface area contributed by atoms with Gasteiger partial charge in [-0.05, 0) is 35.0 Å². The van der Waals surface area contributed by atoms with Gasteiger partial charge in [-0.25, -0.2) is 16.8 Å². The van der Waals surface area contributed by atoms with Gasteiger partial charge in [-0.15, -0.1) is 0 Å². The number of anilines is 1. The van der Waals surface area contributed by atoms with E-state index in [0.717, 1.165) is 10.8 Å². The number of sulfonamides is 1. The van der Waals surface area contributed by atoms with E-state index in [9.17, 15) is 16.8 Å². The zero-order valence-electron chi connectivity index (χ0n) is 16.7. The van der Waals surface area contributed by atoms with Gasteiger partial charge in [-0.1, -0.05) is 49.4 Å². The molecule has 8 heteroatoms. The number of nitrogens with zero attached hydrogens (tertiary/aromatic N) is 2. The lowest BCUT2D eigenvalue weighted by Gasteiger charge is -2.36. The van der Waals surface area contributed by atoms with Crippen LogP contribution in [-0.4, -0.2) is 53.1 Å². The number of hydrogen-bond acceptors (Lipinski definition) is 5. The molecule has 1 heterocycles. The highest BCUT2D eigenvalue weighted by Gasteiger charge is 2.30. The molecule has 30 heavy (non-hydrogen) atoms. The van der Waals surface area contributed by atoms with Crippen molar-refractivity contribution in [3.8, 4) is 0 Å². The molecular formula is C22H24N2O4S2. The van der Waals surface area contributed by atoms with Gasteiger partial charge >= 0.3 is 0 Å². The fraction of sp³-hybridized carbons (Fsp3) is 0.273. The molecule has 0 radical (unpaired) electrons. The molecule has 1 fully saturated rings. The molecule has 0 N–H and O–H groups in total. The molecule has 0 amide bonds. The van der Waals surface area contributed by atoms with Gasteiger partial charge in [0, 0.05) is 26.2 Å². The van der Waals surface area contributed by atoms with Crippen molar-refractivity contribution in [2.45, 2.75) is 16.7 Å². The first-order chi connectivity index (χ1) is 14.3. The predicted molar refractivity (Wildman–Crippen MR) is 119 cm³/mol. The molecule has 0 atom stereocenters. The summed E-state index contributed by atoms with van der Waals surface area (Å²) in [5.41, 5.74) is 0.641. The normalized spacial score (nSPS) is 16.1. The summed E-state index contributed by atoms with van der Waals surface area (Å²) < 4.78 is 52.7. The zero-order chi connectivity index (χ0) is 21.4. The number of sulfone groups is 1. The summed E-state index contributed by atoms with van der Waals surface area (Å²) in [6.45, 7) is 3.09. The van der Waals surface area contributed by atoms with Gasteiger partial charge < -0.3 is 4.90 Å². The van der Waals surface area contributed by atoms with Gasteiger partial charge in [0.1, 0.15) is 0 Å². The van der Waals surface area contributed by atoms with Crippen LogP contribution >= 0.6 is 0 Å². The topological polar surface area (TPSA) is 74.8 Å². The minimum atomic E-state index is -3.61. The third-order valence-corrected chi connectivity index (χ3v) is 9.19. The quantitative estimate of drug-likeness (QED) is 0.604. The minimum Gasteiger partial charge on any atom is -0.368 e. The molecule has 0 aliphatic carbocycles. The second kappa shape index (κ2) is 8.02. The summed E-state index contributed by atoms with van der Waals surface area (Å²) in [6.07, 6.45) is 0. The van der Waals surface area contributed by atoms with E-state index < -0.39 is 19.9 Å². The Balaban J connectivity index is 1.56. The highest BCUT2D eigenvalue weighted by molar-refractivity contribution is 7.91. The van der Waals surface area contributed by atoms with Gasteiger partial charge in [0.25, 0.3) is 0 Å². The molecule has 158 valence electrons. The molecule has 3 aromatic carbocycles. The Morgan fingerprint density at radius 1 is 0.767 bits per heavy atom. The largest absolute Gasteiger partial charge is 0.368 e. The summed E-state index contributed by atoms with van der Waals surface area (Å²) >= 11 is 0. The molecule has 0 unspecified atom stereocenters. The maximum absolute atomic E-state index is 13.2. The van der Waals surface area contributed by atoms with Crippen LogP contribution in [0.2, 0.25) is 0 Å². The monoisotopic (exact) mass is 444 g/mol. The summed E-state index contributed by atoms with van der Waals surface area (Å²) in [6, 6.07) is 19.8. The van der Waals surface area contributed by atoms with Crippen molar-refractivity contribution in [1.29, 1.82) is 0 Å². The maximum Gasteiger partial charge on any atom is 0.243 e. The van der Waals surface area contributed by atoms with Crippen molar-refractivity contribution in [3.63, 3.8) is 0 Å². The maximum atomic E-state index is 13.2. The van der Waals surface area contributed by atoms with Crippen molar-refractivity contribution >= 4 is 36.3 Å². The first-order valence-electron chi connectivity index (χ1n) is 9.88. The van der Waals surface area contributed by atoms with Crippen molar-refractivity contribution in [1.82, 2.24) is 4.31 Å². The molecule has 0 aromatic heterocycles. The van der Waals surface area contributed by atoms with Crippen LogP contribution in [0.3, 0.4) is 0 Å². The molecule has 1 aliphatic rings. The summed E-state index contributed by atoms with van der Waals surface area (Å²) in [5, 5.41) is 1.88. The molecule has 6 nitrogen and oxygen atoms in total. The van der Waals surface area contributed by atoms with Gasteiger partial charge in [-0.3, -0.25) is 0 Å². The van der Waals surface area contributed by atoms with Crippen molar-refractivity contribution in [3.05, 3.63) is 66.7 Å². The molecular weight excluding hydrogens is 420 g/mol. The van der Waals surface area contributed by atoms with Crippen LogP contribution in [0.4, 0.5) is 5.69 Å². The third-order valence-electron chi connectivity index (χ3n) is 5.52. The van der Waals surface area contributed by atoms with Gasteiger partial charge in [0.05, 0.1) is 21.2 Å². The Morgan fingerprint density at radius 2 is 1.40 bits per heavy atom.